The van der Waals surface area contributed by atoms with Crippen LogP contribution < -0.4 is 5.32 Å². The molecule has 0 atom stereocenters. The van der Waals surface area contributed by atoms with Crippen molar-refractivity contribution in [3.05, 3.63) is 53.6 Å². The molecule has 0 saturated carbocycles. The SMILES string of the molecule is Cc1ccccc1-c1ccc2c(c1)NCC2. The Bertz CT molecular complexity index is 529. The third-order valence-electron chi connectivity index (χ3n) is 3.28. The van der Waals surface area contributed by atoms with E-state index in [1.54, 1.807) is 0 Å². The van der Waals surface area contributed by atoms with E-state index in [0.29, 0.717) is 0 Å². The molecule has 0 radical (unpaired) electrons. The van der Waals surface area contributed by atoms with Gasteiger partial charge >= 0.3 is 0 Å². The second kappa shape index (κ2) is 3.67. The summed E-state index contributed by atoms with van der Waals surface area (Å²) in [7, 11) is 0. The fourth-order valence-corrected chi connectivity index (χ4v) is 2.36. The van der Waals surface area contributed by atoms with Gasteiger partial charge in [0.15, 0.2) is 0 Å². The van der Waals surface area contributed by atoms with Gasteiger partial charge in [-0.25, -0.2) is 0 Å². The van der Waals surface area contributed by atoms with Crippen LogP contribution in [0.5, 0.6) is 0 Å². The van der Waals surface area contributed by atoms with Gasteiger partial charge in [0.05, 0.1) is 0 Å². The average Bonchev–Trinajstić information content (AvgIpc) is 2.76. The van der Waals surface area contributed by atoms with Crippen LogP contribution >= 0.6 is 0 Å². The van der Waals surface area contributed by atoms with E-state index in [1.807, 2.05) is 0 Å². The van der Waals surface area contributed by atoms with Crippen LogP contribution in [0.3, 0.4) is 0 Å². The molecule has 0 fully saturated rings. The first-order chi connectivity index (χ1) is 7.84. The second-order valence-corrected chi connectivity index (χ2v) is 4.36. The molecule has 0 saturated heterocycles. The van der Waals surface area contributed by atoms with Crippen molar-refractivity contribution in [3.8, 4) is 11.1 Å². The lowest BCUT2D eigenvalue weighted by atomic mass is 9.99. The smallest absolute Gasteiger partial charge is 0.0379 e. The molecule has 16 heavy (non-hydrogen) atoms. The molecule has 0 bridgehead atoms. The van der Waals surface area contributed by atoms with Crippen molar-refractivity contribution in [2.45, 2.75) is 13.3 Å². The number of hydrogen-bond donors (Lipinski definition) is 1. The van der Waals surface area contributed by atoms with Gasteiger partial charge in [0.1, 0.15) is 0 Å². The molecule has 1 heteroatoms. The van der Waals surface area contributed by atoms with E-state index >= 15 is 0 Å². The van der Waals surface area contributed by atoms with Crippen LogP contribution in [0.1, 0.15) is 11.1 Å². The Balaban J connectivity index is 2.11. The minimum atomic E-state index is 1.08. The van der Waals surface area contributed by atoms with Crippen LogP contribution in [0.15, 0.2) is 42.5 Å². The summed E-state index contributed by atoms with van der Waals surface area (Å²) in [6, 6.07) is 15.3. The fourth-order valence-electron chi connectivity index (χ4n) is 2.36. The maximum atomic E-state index is 3.43. The molecule has 3 rings (SSSR count). The summed E-state index contributed by atoms with van der Waals surface area (Å²) in [6.45, 7) is 3.24. The first-order valence-corrected chi connectivity index (χ1v) is 5.77. The van der Waals surface area contributed by atoms with E-state index in [2.05, 4.69) is 54.7 Å². The molecule has 0 aliphatic carbocycles. The second-order valence-electron chi connectivity index (χ2n) is 4.36. The summed E-state index contributed by atoms with van der Waals surface area (Å²) < 4.78 is 0. The molecule has 80 valence electrons. The van der Waals surface area contributed by atoms with Crippen molar-refractivity contribution >= 4 is 5.69 Å². The number of aryl methyl sites for hydroxylation is 1. The predicted molar refractivity (Wildman–Crippen MR) is 68.8 cm³/mol. The van der Waals surface area contributed by atoms with Gasteiger partial charge in [-0.05, 0) is 41.7 Å². The molecule has 0 amide bonds. The van der Waals surface area contributed by atoms with Crippen molar-refractivity contribution in [3.63, 3.8) is 0 Å². The van der Waals surface area contributed by atoms with Crippen molar-refractivity contribution < 1.29 is 0 Å². The average molecular weight is 209 g/mol. The van der Waals surface area contributed by atoms with Gasteiger partial charge in [-0.3, -0.25) is 0 Å². The summed E-state index contributed by atoms with van der Waals surface area (Å²) in [5, 5.41) is 3.43. The van der Waals surface area contributed by atoms with Crippen molar-refractivity contribution in [1.82, 2.24) is 0 Å². The zero-order valence-corrected chi connectivity index (χ0v) is 9.46. The van der Waals surface area contributed by atoms with Crippen molar-refractivity contribution in [1.29, 1.82) is 0 Å². The fraction of sp³-hybridized carbons (Fsp3) is 0.200. The number of rotatable bonds is 1. The van der Waals surface area contributed by atoms with Crippen molar-refractivity contribution in [2.75, 3.05) is 11.9 Å². The predicted octanol–water partition coefficient (Wildman–Crippen LogP) is 3.63. The molecule has 2 aromatic carbocycles. The summed E-state index contributed by atoms with van der Waals surface area (Å²) in [5.74, 6) is 0. The van der Waals surface area contributed by atoms with E-state index in [1.165, 1.54) is 27.9 Å². The van der Waals surface area contributed by atoms with E-state index in [4.69, 9.17) is 0 Å². The lowest BCUT2D eigenvalue weighted by molar-refractivity contribution is 1.11. The highest BCUT2D eigenvalue weighted by molar-refractivity contribution is 5.73. The van der Waals surface area contributed by atoms with E-state index in [9.17, 15) is 0 Å². The molecule has 1 N–H and O–H groups in total. The Labute approximate surface area is 96.1 Å². The van der Waals surface area contributed by atoms with Gasteiger partial charge in [-0.15, -0.1) is 0 Å². The summed E-state index contributed by atoms with van der Waals surface area (Å²) in [4.78, 5) is 0. The molecule has 0 unspecified atom stereocenters. The van der Waals surface area contributed by atoms with Gasteiger partial charge in [0.2, 0.25) is 0 Å². The first kappa shape index (κ1) is 9.46. The Morgan fingerprint density at radius 1 is 1.06 bits per heavy atom. The quantitative estimate of drug-likeness (QED) is 0.756. The van der Waals surface area contributed by atoms with Gasteiger partial charge in [-0.2, -0.15) is 0 Å². The van der Waals surface area contributed by atoms with Gasteiger partial charge < -0.3 is 5.32 Å². The highest BCUT2D eigenvalue weighted by Gasteiger charge is 2.10. The third kappa shape index (κ3) is 1.49. The highest BCUT2D eigenvalue weighted by Crippen LogP contribution is 2.30. The molecule has 1 aliphatic heterocycles. The summed E-state index contributed by atoms with van der Waals surface area (Å²) >= 11 is 0. The number of benzene rings is 2. The zero-order valence-electron chi connectivity index (χ0n) is 9.46. The van der Waals surface area contributed by atoms with E-state index in [0.717, 1.165) is 13.0 Å². The molecular weight excluding hydrogens is 194 g/mol. The van der Waals surface area contributed by atoms with Gasteiger partial charge in [0.25, 0.3) is 0 Å². The van der Waals surface area contributed by atoms with Gasteiger partial charge in [0, 0.05) is 12.2 Å². The number of nitrogens with one attached hydrogen (secondary N) is 1. The van der Waals surface area contributed by atoms with Crippen LogP contribution in [0.2, 0.25) is 0 Å². The van der Waals surface area contributed by atoms with E-state index < -0.39 is 0 Å². The Morgan fingerprint density at radius 2 is 1.94 bits per heavy atom. The van der Waals surface area contributed by atoms with Gasteiger partial charge in [-0.1, -0.05) is 36.4 Å². The van der Waals surface area contributed by atoms with Crippen LogP contribution in [0.4, 0.5) is 5.69 Å². The molecule has 2 aromatic rings. The summed E-state index contributed by atoms with van der Waals surface area (Å²) in [6.07, 6.45) is 1.16. The summed E-state index contributed by atoms with van der Waals surface area (Å²) in [5.41, 5.74) is 6.73. The number of fused-ring (bicyclic) bond motifs is 1. The molecule has 0 spiro atoms. The molecule has 0 aromatic heterocycles. The van der Waals surface area contributed by atoms with Crippen molar-refractivity contribution in [2.24, 2.45) is 0 Å². The zero-order chi connectivity index (χ0) is 11.0. The first-order valence-electron chi connectivity index (χ1n) is 5.77. The molecule has 1 heterocycles. The van der Waals surface area contributed by atoms with Crippen LogP contribution in [0, 0.1) is 6.92 Å². The minimum Gasteiger partial charge on any atom is -0.384 e. The molecule has 1 nitrogen and oxygen atoms in total. The monoisotopic (exact) mass is 209 g/mol. The van der Waals surface area contributed by atoms with Crippen LogP contribution in [-0.4, -0.2) is 6.54 Å². The lowest BCUT2D eigenvalue weighted by Crippen LogP contribution is -1.91. The molecular formula is C15H15N. The normalized spacial score (nSPS) is 13.3. The Kier molecular flexibility index (Phi) is 2.17. The Hall–Kier alpha value is -1.76. The van der Waals surface area contributed by atoms with E-state index in [-0.39, 0.29) is 0 Å². The van der Waals surface area contributed by atoms with Crippen LogP contribution in [0.25, 0.3) is 11.1 Å². The maximum absolute atomic E-state index is 3.43. The standard InChI is InChI=1S/C15H15N/c1-11-4-2-3-5-14(11)13-7-6-12-8-9-16-15(12)10-13/h2-7,10,16H,8-9H2,1H3. The number of anilines is 1. The van der Waals surface area contributed by atoms with Crippen LogP contribution in [-0.2, 0) is 6.42 Å². The molecule has 1 aliphatic rings. The minimum absolute atomic E-state index is 1.08. The topological polar surface area (TPSA) is 12.0 Å². The largest absolute Gasteiger partial charge is 0.384 e. The maximum Gasteiger partial charge on any atom is 0.0379 e. The third-order valence-corrected chi connectivity index (χ3v) is 3.28. The lowest BCUT2D eigenvalue weighted by Gasteiger charge is -2.08. The Morgan fingerprint density at radius 3 is 2.81 bits per heavy atom. The number of hydrogen-bond acceptors (Lipinski definition) is 1. The highest BCUT2D eigenvalue weighted by atomic mass is 14.9.